The van der Waals surface area contributed by atoms with Crippen molar-refractivity contribution in [1.29, 1.82) is 0 Å². The fourth-order valence-electron chi connectivity index (χ4n) is 2.86. The van der Waals surface area contributed by atoms with Crippen molar-refractivity contribution in [2.24, 2.45) is 0 Å². The number of hydrogen-bond acceptors (Lipinski definition) is 4. The van der Waals surface area contributed by atoms with E-state index >= 15 is 0 Å². The molecule has 124 valence electrons. The van der Waals surface area contributed by atoms with Crippen LogP contribution in [0, 0.1) is 0 Å². The van der Waals surface area contributed by atoms with Crippen LogP contribution in [0.25, 0.3) is 16.6 Å². The highest BCUT2D eigenvalue weighted by Crippen LogP contribution is 2.26. The highest BCUT2D eigenvalue weighted by molar-refractivity contribution is 7.80. The first-order valence-corrected chi connectivity index (χ1v) is 8.49. The third-order valence-corrected chi connectivity index (χ3v) is 4.53. The lowest BCUT2D eigenvalue weighted by molar-refractivity contribution is -0.114. The van der Waals surface area contributed by atoms with Crippen molar-refractivity contribution in [2.75, 3.05) is 20.3 Å². The lowest BCUT2D eigenvalue weighted by Crippen LogP contribution is -2.32. The van der Waals surface area contributed by atoms with Gasteiger partial charge in [0.15, 0.2) is 5.78 Å². The minimum atomic E-state index is 0.128. The van der Waals surface area contributed by atoms with Crippen molar-refractivity contribution < 1.29 is 9.53 Å². The third kappa shape index (κ3) is 3.68. The summed E-state index contributed by atoms with van der Waals surface area (Å²) in [6.45, 7) is 1.17. The van der Waals surface area contributed by atoms with Gasteiger partial charge in [-0.05, 0) is 25.0 Å². The summed E-state index contributed by atoms with van der Waals surface area (Å²) < 4.78 is 5.22. The van der Waals surface area contributed by atoms with Crippen LogP contribution < -0.4 is 0 Å². The number of rotatable bonds is 4. The van der Waals surface area contributed by atoms with Gasteiger partial charge in [-0.3, -0.25) is 9.78 Å². The van der Waals surface area contributed by atoms with Crippen molar-refractivity contribution >= 4 is 39.6 Å². The molecule has 1 aliphatic heterocycles. The van der Waals surface area contributed by atoms with E-state index in [1.54, 1.807) is 13.2 Å². The lowest BCUT2D eigenvalue weighted by atomic mass is 10.0. The number of ketones is 1. The highest BCUT2D eigenvalue weighted by Gasteiger charge is 2.20. The Morgan fingerprint density at radius 3 is 2.96 bits per heavy atom. The molecule has 0 N–H and O–H groups in total. The maximum atomic E-state index is 12.2. The Balaban J connectivity index is 2.06. The molecule has 3 rings (SSSR count). The molecule has 0 saturated heterocycles. The van der Waals surface area contributed by atoms with Crippen molar-refractivity contribution in [3.05, 3.63) is 48.2 Å². The predicted molar refractivity (Wildman–Crippen MR) is 99.8 cm³/mol. The average Bonchev–Trinajstić information content (AvgIpc) is 2.59. The van der Waals surface area contributed by atoms with Crippen molar-refractivity contribution in [1.82, 2.24) is 9.88 Å². The van der Waals surface area contributed by atoms with Gasteiger partial charge in [-0.1, -0.05) is 30.4 Å². The number of methoxy groups -OCH3 is 1. The molecule has 2 aromatic rings. The van der Waals surface area contributed by atoms with Crippen molar-refractivity contribution in [3.8, 4) is 0 Å². The maximum absolute atomic E-state index is 12.2. The van der Waals surface area contributed by atoms with Gasteiger partial charge in [-0.15, -0.1) is 0 Å². The van der Waals surface area contributed by atoms with Crippen molar-refractivity contribution in [3.63, 3.8) is 0 Å². The summed E-state index contributed by atoms with van der Waals surface area (Å²) in [5.41, 5.74) is 2.66. The molecule has 4 nitrogen and oxygen atoms in total. The van der Waals surface area contributed by atoms with Crippen LogP contribution in [0.1, 0.15) is 24.8 Å². The highest BCUT2D eigenvalue weighted by atomic mass is 32.1. The second-order valence-corrected chi connectivity index (χ2v) is 6.28. The smallest absolute Gasteiger partial charge is 0.157 e. The van der Waals surface area contributed by atoms with E-state index in [2.05, 4.69) is 11.1 Å². The monoisotopic (exact) mass is 340 g/mol. The molecule has 2 heterocycles. The zero-order valence-corrected chi connectivity index (χ0v) is 14.5. The molecule has 1 aromatic heterocycles. The summed E-state index contributed by atoms with van der Waals surface area (Å²) in [5, 5.41) is 1.04. The van der Waals surface area contributed by atoms with Gasteiger partial charge in [0, 0.05) is 43.3 Å². The molecule has 1 aromatic carbocycles. The Kier molecular flexibility index (Phi) is 5.33. The van der Waals surface area contributed by atoms with Gasteiger partial charge in [0.2, 0.25) is 0 Å². The molecule has 0 unspecified atom stereocenters. The number of nitrogens with zero attached hydrogens (tertiary/aromatic N) is 2. The van der Waals surface area contributed by atoms with Crippen LogP contribution in [0.5, 0.6) is 0 Å². The normalized spacial score (nSPS) is 16.0. The van der Waals surface area contributed by atoms with Crippen LogP contribution in [0.4, 0.5) is 0 Å². The van der Waals surface area contributed by atoms with Crippen LogP contribution >= 0.6 is 12.2 Å². The number of ether oxygens (including phenoxy) is 1. The summed E-state index contributed by atoms with van der Waals surface area (Å²) in [4.78, 5) is 19.6. The molecule has 0 radical (unpaired) electrons. The van der Waals surface area contributed by atoms with Gasteiger partial charge in [0.05, 0.1) is 22.8 Å². The zero-order chi connectivity index (χ0) is 16.9. The van der Waals surface area contributed by atoms with E-state index in [4.69, 9.17) is 17.0 Å². The number of allylic oxidation sites excluding steroid dienone is 1. The Morgan fingerprint density at radius 2 is 2.12 bits per heavy atom. The first-order valence-electron chi connectivity index (χ1n) is 8.08. The third-order valence-electron chi connectivity index (χ3n) is 4.11. The number of carbonyl (C=O) groups excluding carboxylic acids is 1. The quantitative estimate of drug-likeness (QED) is 0.796. The van der Waals surface area contributed by atoms with Crippen LogP contribution in [0.15, 0.2) is 42.6 Å². The number of hydrogen-bond donors (Lipinski definition) is 0. The number of aromatic nitrogens is 1. The van der Waals surface area contributed by atoms with E-state index in [1.165, 1.54) is 0 Å². The topological polar surface area (TPSA) is 42.4 Å². The molecule has 0 atom stereocenters. The lowest BCUT2D eigenvalue weighted by Gasteiger charge is -2.29. The molecule has 0 amide bonds. The SMILES string of the molecule is COCCN1C(=S)CCCC(=O)C=C1c1cnc2ccccc2c1. The van der Waals surface area contributed by atoms with Crippen LogP contribution in [0.3, 0.4) is 0 Å². The second kappa shape index (κ2) is 7.64. The second-order valence-electron chi connectivity index (χ2n) is 5.80. The van der Waals surface area contributed by atoms with Crippen LogP contribution in [-0.4, -0.2) is 40.9 Å². The summed E-state index contributed by atoms with van der Waals surface area (Å²) in [7, 11) is 1.67. The first kappa shape index (κ1) is 16.7. The molecule has 0 spiro atoms. The van der Waals surface area contributed by atoms with Crippen LogP contribution in [-0.2, 0) is 9.53 Å². The van der Waals surface area contributed by atoms with E-state index in [0.717, 1.165) is 40.0 Å². The van der Waals surface area contributed by atoms with Gasteiger partial charge in [0.1, 0.15) is 0 Å². The first-order chi connectivity index (χ1) is 11.7. The van der Waals surface area contributed by atoms with Gasteiger partial charge >= 0.3 is 0 Å². The molecule has 0 fully saturated rings. The Bertz CT molecular complexity index is 801. The van der Waals surface area contributed by atoms with Gasteiger partial charge in [-0.25, -0.2) is 0 Å². The number of benzene rings is 1. The average molecular weight is 340 g/mol. The van der Waals surface area contributed by atoms with E-state index in [1.807, 2.05) is 35.4 Å². The number of fused-ring (bicyclic) bond motifs is 1. The molecule has 0 bridgehead atoms. The number of thiocarbonyl (C=S) groups is 1. The molecule has 24 heavy (non-hydrogen) atoms. The summed E-state index contributed by atoms with van der Waals surface area (Å²) >= 11 is 5.60. The van der Waals surface area contributed by atoms with Gasteiger partial charge in [0.25, 0.3) is 0 Å². The molecule has 1 aliphatic rings. The Labute approximate surface area is 147 Å². The summed E-state index contributed by atoms with van der Waals surface area (Å²) in [5.74, 6) is 0.128. The van der Waals surface area contributed by atoms with Crippen LogP contribution in [0.2, 0.25) is 0 Å². The van der Waals surface area contributed by atoms with E-state index in [0.29, 0.717) is 19.6 Å². The van der Waals surface area contributed by atoms with Gasteiger partial charge < -0.3 is 9.64 Å². The standard InChI is InChI=1S/C19H20N2O2S/c1-23-10-9-21-18(12-16(22)6-4-8-19(21)24)15-11-14-5-2-3-7-17(14)20-13-15/h2-3,5,7,11-13H,4,6,8-10H2,1H3. The minimum Gasteiger partial charge on any atom is -0.383 e. The van der Waals surface area contributed by atoms with Gasteiger partial charge in [-0.2, -0.15) is 0 Å². The van der Waals surface area contributed by atoms with E-state index in [-0.39, 0.29) is 5.78 Å². The fraction of sp³-hybridized carbons (Fsp3) is 0.316. The maximum Gasteiger partial charge on any atom is 0.157 e. The number of carbonyl (C=O) groups is 1. The number of pyridine rings is 1. The Morgan fingerprint density at radius 1 is 1.29 bits per heavy atom. The molecule has 5 heteroatoms. The zero-order valence-electron chi connectivity index (χ0n) is 13.7. The minimum absolute atomic E-state index is 0.128. The number of para-hydroxylation sites is 1. The molecule has 0 aliphatic carbocycles. The Hall–Kier alpha value is -2.11. The largest absolute Gasteiger partial charge is 0.383 e. The summed E-state index contributed by atoms with van der Waals surface area (Å²) in [6.07, 6.45) is 5.57. The van der Waals surface area contributed by atoms with Crippen molar-refractivity contribution in [2.45, 2.75) is 19.3 Å². The molecule has 0 saturated carbocycles. The molecular formula is C19H20N2O2S. The predicted octanol–water partition coefficient (Wildman–Crippen LogP) is 3.60. The summed E-state index contributed by atoms with van der Waals surface area (Å²) in [6, 6.07) is 10.0. The fourth-order valence-corrected chi connectivity index (χ4v) is 3.20. The van der Waals surface area contributed by atoms with E-state index < -0.39 is 0 Å². The van der Waals surface area contributed by atoms with E-state index in [9.17, 15) is 4.79 Å². The molecular weight excluding hydrogens is 320 g/mol.